The predicted molar refractivity (Wildman–Crippen MR) is 61.3 cm³/mol. The highest BCUT2D eigenvalue weighted by atomic mass is 19.4. The number of hydrogen-bond acceptors (Lipinski definition) is 2. The second kappa shape index (κ2) is 6.15. The van der Waals surface area contributed by atoms with E-state index >= 15 is 0 Å². The molecule has 1 aromatic rings. The summed E-state index contributed by atoms with van der Waals surface area (Å²) in [5.74, 6) is -1.96. The average Bonchev–Trinajstić information content (AvgIpc) is 2.24. The SMILES string of the molecule is CN(Cc1cccc(F)c1)CC(CN)C(F)(F)F. The largest absolute Gasteiger partial charge is 0.394 e. The Balaban J connectivity index is 2.58. The Bertz CT molecular complexity index is 379. The highest BCUT2D eigenvalue weighted by Gasteiger charge is 2.38. The fourth-order valence-electron chi connectivity index (χ4n) is 1.70. The maximum absolute atomic E-state index is 12.9. The van der Waals surface area contributed by atoms with Gasteiger partial charge in [0.15, 0.2) is 0 Å². The van der Waals surface area contributed by atoms with Crippen LogP contribution in [0.2, 0.25) is 0 Å². The van der Waals surface area contributed by atoms with Crippen molar-refractivity contribution in [3.05, 3.63) is 35.6 Å². The van der Waals surface area contributed by atoms with Crippen molar-refractivity contribution in [1.82, 2.24) is 4.90 Å². The maximum atomic E-state index is 12.9. The summed E-state index contributed by atoms with van der Waals surface area (Å²) in [7, 11) is 1.55. The van der Waals surface area contributed by atoms with E-state index in [0.29, 0.717) is 5.56 Å². The molecule has 18 heavy (non-hydrogen) atoms. The summed E-state index contributed by atoms with van der Waals surface area (Å²) < 4.78 is 50.5. The van der Waals surface area contributed by atoms with Crippen LogP contribution < -0.4 is 5.73 Å². The normalized spacial score (nSPS) is 13.9. The van der Waals surface area contributed by atoms with Crippen molar-refractivity contribution < 1.29 is 17.6 Å². The molecule has 0 saturated carbocycles. The lowest BCUT2D eigenvalue weighted by Crippen LogP contribution is -2.39. The van der Waals surface area contributed by atoms with E-state index in [-0.39, 0.29) is 13.1 Å². The van der Waals surface area contributed by atoms with Crippen LogP contribution in [0.1, 0.15) is 5.56 Å². The molecule has 0 spiro atoms. The molecule has 1 rings (SSSR count). The molecule has 1 atom stereocenters. The molecule has 1 unspecified atom stereocenters. The molecule has 0 aromatic heterocycles. The Labute approximate surface area is 103 Å². The van der Waals surface area contributed by atoms with Gasteiger partial charge in [-0.05, 0) is 24.7 Å². The first kappa shape index (κ1) is 14.9. The van der Waals surface area contributed by atoms with Crippen LogP contribution in [-0.2, 0) is 6.54 Å². The minimum Gasteiger partial charge on any atom is -0.330 e. The summed E-state index contributed by atoms with van der Waals surface area (Å²) in [4.78, 5) is 1.49. The van der Waals surface area contributed by atoms with Crippen LogP contribution in [0.4, 0.5) is 17.6 Å². The minimum atomic E-state index is -4.30. The molecule has 1 aromatic carbocycles. The van der Waals surface area contributed by atoms with E-state index in [9.17, 15) is 17.6 Å². The second-order valence-corrected chi connectivity index (χ2v) is 4.30. The van der Waals surface area contributed by atoms with Crippen LogP contribution in [0.5, 0.6) is 0 Å². The summed E-state index contributed by atoms with van der Waals surface area (Å²) in [6.07, 6.45) is -4.30. The van der Waals surface area contributed by atoms with E-state index < -0.39 is 24.5 Å². The first-order chi connectivity index (χ1) is 8.32. The number of benzene rings is 1. The first-order valence-corrected chi connectivity index (χ1v) is 5.52. The zero-order valence-corrected chi connectivity index (χ0v) is 10.0. The van der Waals surface area contributed by atoms with Crippen molar-refractivity contribution in [3.63, 3.8) is 0 Å². The number of hydrogen-bond donors (Lipinski definition) is 1. The van der Waals surface area contributed by atoms with Gasteiger partial charge in [0.2, 0.25) is 0 Å². The fraction of sp³-hybridized carbons (Fsp3) is 0.500. The van der Waals surface area contributed by atoms with Crippen molar-refractivity contribution in [3.8, 4) is 0 Å². The third kappa shape index (κ3) is 4.62. The average molecular weight is 264 g/mol. The van der Waals surface area contributed by atoms with Gasteiger partial charge in [0, 0.05) is 19.6 Å². The third-order valence-electron chi connectivity index (χ3n) is 2.62. The van der Waals surface area contributed by atoms with Gasteiger partial charge in [0.1, 0.15) is 5.82 Å². The Hall–Kier alpha value is -1.14. The van der Waals surface area contributed by atoms with Crippen LogP contribution in [0.25, 0.3) is 0 Å². The lowest BCUT2D eigenvalue weighted by atomic mass is 10.1. The molecular weight excluding hydrogens is 248 g/mol. The summed E-state index contributed by atoms with van der Waals surface area (Å²) >= 11 is 0. The monoisotopic (exact) mass is 264 g/mol. The van der Waals surface area contributed by atoms with Crippen molar-refractivity contribution >= 4 is 0 Å². The zero-order valence-electron chi connectivity index (χ0n) is 10.0. The number of rotatable bonds is 5. The van der Waals surface area contributed by atoms with Crippen LogP contribution in [0.3, 0.4) is 0 Å². The summed E-state index contributed by atoms with van der Waals surface area (Å²) in [5.41, 5.74) is 5.75. The van der Waals surface area contributed by atoms with Crippen molar-refractivity contribution in [2.24, 2.45) is 11.7 Å². The lowest BCUT2D eigenvalue weighted by Gasteiger charge is -2.24. The molecule has 2 N–H and O–H groups in total. The third-order valence-corrected chi connectivity index (χ3v) is 2.62. The Morgan fingerprint density at radius 1 is 1.33 bits per heavy atom. The standard InChI is InChI=1S/C12H16F4N2/c1-18(8-10(6-17)12(14,15)16)7-9-3-2-4-11(13)5-9/h2-5,10H,6-8,17H2,1H3. The zero-order chi connectivity index (χ0) is 13.8. The van der Waals surface area contributed by atoms with E-state index in [0.717, 1.165) is 0 Å². The molecule has 0 aliphatic rings. The number of nitrogens with two attached hydrogens (primary N) is 1. The van der Waals surface area contributed by atoms with Crippen molar-refractivity contribution in [2.45, 2.75) is 12.7 Å². The first-order valence-electron chi connectivity index (χ1n) is 5.52. The van der Waals surface area contributed by atoms with Crippen LogP contribution in [0, 0.1) is 11.7 Å². The molecule has 0 aliphatic heterocycles. The van der Waals surface area contributed by atoms with Crippen LogP contribution in [-0.4, -0.2) is 31.2 Å². The van der Waals surface area contributed by atoms with Gasteiger partial charge in [-0.2, -0.15) is 13.2 Å². The molecule has 6 heteroatoms. The summed E-state index contributed by atoms with van der Waals surface area (Å²) in [6.45, 7) is -0.391. The van der Waals surface area contributed by atoms with Crippen LogP contribution in [0.15, 0.2) is 24.3 Å². The van der Waals surface area contributed by atoms with Crippen molar-refractivity contribution in [1.29, 1.82) is 0 Å². The fourth-order valence-corrected chi connectivity index (χ4v) is 1.70. The molecule has 0 amide bonds. The minimum absolute atomic E-state index is 0.198. The molecule has 0 heterocycles. The lowest BCUT2D eigenvalue weighted by molar-refractivity contribution is -0.175. The highest BCUT2D eigenvalue weighted by Crippen LogP contribution is 2.26. The van der Waals surface area contributed by atoms with Gasteiger partial charge >= 0.3 is 6.18 Å². The van der Waals surface area contributed by atoms with Gasteiger partial charge in [-0.15, -0.1) is 0 Å². The van der Waals surface area contributed by atoms with E-state index in [1.807, 2.05) is 0 Å². The smallest absolute Gasteiger partial charge is 0.330 e. The molecule has 0 radical (unpaired) electrons. The van der Waals surface area contributed by atoms with Crippen molar-refractivity contribution in [2.75, 3.05) is 20.1 Å². The van der Waals surface area contributed by atoms with Gasteiger partial charge in [-0.1, -0.05) is 12.1 Å². The second-order valence-electron chi connectivity index (χ2n) is 4.30. The van der Waals surface area contributed by atoms with Gasteiger partial charge in [-0.25, -0.2) is 4.39 Å². The maximum Gasteiger partial charge on any atom is 0.394 e. The van der Waals surface area contributed by atoms with Gasteiger partial charge in [0.25, 0.3) is 0 Å². The Morgan fingerprint density at radius 2 is 2.00 bits per heavy atom. The summed E-state index contributed by atoms with van der Waals surface area (Å²) in [6, 6.07) is 5.80. The quantitative estimate of drug-likeness (QED) is 0.827. The molecule has 102 valence electrons. The van der Waals surface area contributed by atoms with Gasteiger partial charge in [-0.3, -0.25) is 0 Å². The molecular formula is C12H16F4N2. The van der Waals surface area contributed by atoms with Gasteiger partial charge < -0.3 is 10.6 Å². The molecule has 2 nitrogen and oxygen atoms in total. The highest BCUT2D eigenvalue weighted by molar-refractivity contribution is 5.16. The Morgan fingerprint density at radius 3 is 2.50 bits per heavy atom. The molecule has 0 saturated heterocycles. The topological polar surface area (TPSA) is 29.3 Å². The molecule has 0 bridgehead atoms. The van der Waals surface area contributed by atoms with E-state index in [4.69, 9.17) is 5.73 Å². The number of halogens is 4. The number of alkyl halides is 3. The van der Waals surface area contributed by atoms with Gasteiger partial charge in [0.05, 0.1) is 5.92 Å². The molecule has 0 aliphatic carbocycles. The van der Waals surface area contributed by atoms with E-state index in [2.05, 4.69) is 0 Å². The molecule has 0 fully saturated rings. The van der Waals surface area contributed by atoms with E-state index in [1.54, 1.807) is 13.1 Å². The summed E-state index contributed by atoms with van der Waals surface area (Å²) in [5, 5.41) is 0. The number of nitrogens with zero attached hydrogens (tertiary/aromatic N) is 1. The predicted octanol–water partition coefficient (Wildman–Crippen LogP) is 2.39. The van der Waals surface area contributed by atoms with Crippen LogP contribution >= 0.6 is 0 Å². The Kier molecular flexibility index (Phi) is 5.10. The van der Waals surface area contributed by atoms with E-state index in [1.165, 1.54) is 23.1 Å².